The molecular formula is C8H23NO2. The largest absolute Gasteiger partial charge is 0.388 e. The number of ether oxygens (including phenoxy) is 2. The molecule has 0 saturated carbocycles. The van der Waals surface area contributed by atoms with Gasteiger partial charge in [-0.05, 0) is 14.1 Å². The zero-order valence-corrected chi connectivity index (χ0v) is 8.97. The normalized spacial score (nSPS) is 7.64. The molecule has 0 heterocycles. The molecule has 72 valence electrons. The maximum absolute atomic E-state index is 4.73. The Morgan fingerprint density at radius 3 is 1.27 bits per heavy atom. The van der Waals surface area contributed by atoms with Crippen molar-refractivity contribution in [1.82, 2.24) is 4.90 Å². The average Bonchev–Trinajstić information content (AvgIpc) is 1.93. The van der Waals surface area contributed by atoms with E-state index in [2.05, 4.69) is 4.74 Å². The van der Waals surface area contributed by atoms with Crippen LogP contribution in [0.2, 0.25) is 0 Å². The summed E-state index contributed by atoms with van der Waals surface area (Å²) in [4.78, 5) is 1.96. The molecule has 0 aromatic carbocycles. The summed E-state index contributed by atoms with van der Waals surface area (Å²) >= 11 is 0. The van der Waals surface area contributed by atoms with Crippen LogP contribution < -0.4 is 0 Å². The Balaban J connectivity index is -0.000000109. The van der Waals surface area contributed by atoms with Crippen LogP contribution in [0.4, 0.5) is 0 Å². The molecule has 0 aliphatic carbocycles. The molecule has 0 saturated heterocycles. The second kappa shape index (κ2) is 22.5. The highest BCUT2D eigenvalue weighted by atomic mass is 16.5. The summed E-state index contributed by atoms with van der Waals surface area (Å²) in [5, 5.41) is 0. The molecule has 0 N–H and O–H groups in total. The average molecular weight is 165 g/mol. The minimum absolute atomic E-state index is 0.708. The van der Waals surface area contributed by atoms with E-state index in [1.54, 1.807) is 21.3 Å². The lowest BCUT2D eigenvalue weighted by Gasteiger charge is -2.04. The fourth-order valence-corrected chi connectivity index (χ4v) is 0.258. The summed E-state index contributed by atoms with van der Waals surface area (Å²) in [7, 11) is 8.85. The fourth-order valence-electron chi connectivity index (χ4n) is 0.258. The first kappa shape index (κ1) is 17.1. The van der Waals surface area contributed by atoms with Crippen LogP contribution in [0.1, 0.15) is 13.8 Å². The Bertz CT molecular complexity index is 41.1. The molecule has 0 unspecified atom stereocenters. The van der Waals surface area contributed by atoms with E-state index in [1.165, 1.54) is 0 Å². The van der Waals surface area contributed by atoms with Crippen molar-refractivity contribution in [2.24, 2.45) is 0 Å². The van der Waals surface area contributed by atoms with Crippen molar-refractivity contribution in [1.29, 1.82) is 0 Å². The smallest absolute Gasteiger partial charge is 0.0981 e. The molecule has 3 heteroatoms. The van der Waals surface area contributed by atoms with Gasteiger partial charge in [0.2, 0.25) is 0 Å². The maximum Gasteiger partial charge on any atom is 0.0981 e. The second-order valence-corrected chi connectivity index (χ2v) is 1.91. The van der Waals surface area contributed by atoms with E-state index in [9.17, 15) is 0 Å². The van der Waals surface area contributed by atoms with Crippen molar-refractivity contribution in [2.45, 2.75) is 13.8 Å². The first-order chi connectivity index (χ1) is 5.18. The minimum atomic E-state index is 0.708. The summed E-state index contributed by atoms with van der Waals surface area (Å²) in [6, 6.07) is 0. The van der Waals surface area contributed by atoms with Gasteiger partial charge in [-0.2, -0.15) is 0 Å². The Morgan fingerprint density at radius 1 is 1.00 bits per heavy atom. The highest BCUT2D eigenvalue weighted by molar-refractivity contribution is 4.20. The van der Waals surface area contributed by atoms with E-state index in [-0.39, 0.29) is 0 Å². The summed E-state index contributed by atoms with van der Waals surface area (Å²) in [5.74, 6) is 0. The number of nitrogens with zero attached hydrogens (tertiary/aromatic N) is 1. The van der Waals surface area contributed by atoms with Crippen LogP contribution in [0.3, 0.4) is 0 Å². The Kier molecular flexibility index (Phi) is 35.0. The third-order valence-corrected chi connectivity index (χ3v) is 0.387. The van der Waals surface area contributed by atoms with Crippen molar-refractivity contribution in [3.63, 3.8) is 0 Å². The van der Waals surface area contributed by atoms with Crippen LogP contribution >= 0.6 is 0 Å². The maximum atomic E-state index is 4.73. The van der Waals surface area contributed by atoms with Gasteiger partial charge in [0.1, 0.15) is 0 Å². The highest BCUT2D eigenvalue weighted by Crippen LogP contribution is 1.68. The van der Waals surface area contributed by atoms with Gasteiger partial charge in [-0.15, -0.1) is 0 Å². The Hall–Kier alpha value is -0.120. The molecule has 0 rings (SSSR count). The van der Waals surface area contributed by atoms with Gasteiger partial charge in [-0.3, -0.25) is 4.90 Å². The molecule has 0 spiro atoms. The van der Waals surface area contributed by atoms with E-state index < -0.39 is 0 Å². The highest BCUT2D eigenvalue weighted by Gasteiger charge is 1.78. The third kappa shape index (κ3) is 74.0. The molecule has 0 amide bonds. The fraction of sp³-hybridized carbons (Fsp3) is 1.00. The number of methoxy groups -OCH3 is 2. The number of hydrogen-bond acceptors (Lipinski definition) is 3. The summed E-state index contributed by atoms with van der Waals surface area (Å²) in [6.07, 6.45) is 0. The van der Waals surface area contributed by atoms with Crippen LogP contribution in [0.25, 0.3) is 0 Å². The van der Waals surface area contributed by atoms with E-state index in [0.29, 0.717) is 6.73 Å². The quantitative estimate of drug-likeness (QED) is 0.578. The van der Waals surface area contributed by atoms with Gasteiger partial charge in [-0.25, -0.2) is 0 Å². The molecular weight excluding hydrogens is 142 g/mol. The SMILES string of the molecule is CC.COC.COCN(C)C. The Morgan fingerprint density at radius 2 is 1.27 bits per heavy atom. The molecule has 0 atom stereocenters. The van der Waals surface area contributed by atoms with Crippen LogP contribution in [0.15, 0.2) is 0 Å². The van der Waals surface area contributed by atoms with Crippen molar-refractivity contribution < 1.29 is 9.47 Å². The first-order valence-corrected chi connectivity index (χ1v) is 3.72. The predicted octanol–water partition coefficient (Wildman–Crippen LogP) is 1.44. The number of rotatable bonds is 2. The monoisotopic (exact) mass is 165 g/mol. The van der Waals surface area contributed by atoms with Gasteiger partial charge in [0.15, 0.2) is 0 Å². The predicted molar refractivity (Wildman–Crippen MR) is 49.8 cm³/mol. The minimum Gasteiger partial charge on any atom is -0.388 e. The summed E-state index contributed by atoms with van der Waals surface area (Å²) in [5.41, 5.74) is 0. The van der Waals surface area contributed by atoms with E-state index >= 15 is 0 Å². The molecule has 0 radical (unpaired) electrons. The van der Waals surface area contributed by atoms with Crippen LogP contribution in [0.5, 0.6) is 0 Å². The molecule has 0 aromatic rings. The molecule has 0 fully saturated rings. The zero-order chi connectivity index (χ0) is 9.70. The molecule has 3 nitrogen and oxygen atoms in total. The molecule has 0 aliphatic rings. The van der Waals surface area contributed by atoms with Gasteiger partial charge in [-0.1, -0.05) is 13.8 Å². The van der Waals surface area contributed by atoms with E-state index in [0.717, 1.165) is 0 Å². The van der Waals surface area contributed by atoms with Gasteiger partial charge < -0.3 is 9.47 Å². The topological polar surface area (TPSA) is 21.7 Å². The van der Waals surface area contributed by atoms with Crippen molar-refractivity contribution in [3.8, 4) is 0 Å². The molecule has 0 aromatic heterocycles. The van der Waals surface area contributed by atoms with Crippen LogP contribution in [-0.4, -0.2) is 47.1 Å². The molecule has 0 aliphatic heterocycles. The lowest BCUT2D eigenvalue weighted by Crippen LogP contribution is -2.13. The first-order valence-electron chi connectivity index (χ1n) is 3.72. The van der Waals surface area contributed by atoms with Crippen molar-refractivity contribution >= 4 is 0 Å². The summed E-state index contributed by atoms with van der Waals surface area (Å²) in [6.45, 7) is 4.71. The Labute approximate surface area is 71.3 Å². The van der Waals surface area contributed by atoms with E-state index in [1.807, 2.05) is 32.8 Å². The molecule has 0 bridgehead atoms. The zero-order valence-electron chi connectivity index (χ0n) is 8.97. The van der Waals surface area contributed by atoms with Crippen LogP contribution in [0, 0.1) is 0 Å². The lowest BCUT2D eigenvalue weighted by atomic mass is 10.9. The standard InChI is InChI=1S/C4H11NO.C2H6O.C2H6/c1-5(2)4-6-3;1-3-2;1-2/h4H2,1-3H3;1-2H3;1-2H3. The van der Waals surface area contributed by atoms with Gasteiger partial charge in [0.25, 0.3) is 0 Å². The van der Waals surface area contributed by atoms with Gasteiger partial charge in [0.05, 0.1) is 6.73 Å². The number of hydrogen-bond donors (Lipinski definition) is 0. The van der Waals surface area contributed by atoms with Gasteiger partial charge in [0, 0.05) is 21.3 Å². The van der Waals surface area contributed by atoms with Crippen molar-refractivity contribution in [2.75, 3.05) is 42.2 Å². The third-order valence-electron chi connectivity index (χ3n) is 0.387. The lowest BCUT2D eigenvalue weighted by molar-refractivity contribution is 0.0994. The molecule has 11 heavy (non-hydrogen) atoms. The van der Waals surface area contributed by atoms with E-state index in [4.69, 9.17) is 4.74 Å². The van der Waals surface area contributed by atoms with Crippen LogP contribution in [-0.2, 0) is 9.47 Å². The second-order valence-electron chi connectivity index (χ2n) is 1.91. The summed E-state index contributed by atoms with van der Waals surface area (Å²) < 4.78 is 8.98. The van der Waals surface area contributed by atoms with Gasteiger partial charge >= 0.3 is 0 Å². The van der Waals surface area contributed by atoms with Crippen molar-refractivity contribution in [3.05, 3.63) is 0 Å².